The van der Waals surface area contributed by atoms with Gasteiger partial charge in [0.1, 0.15) is 6.61 Å². The topological polar surface area (TPSA) is 126 Å². The number of nitrogens with two attached hydrogens (primary N) is 1. The minimum atomic E-state index is -1.67. The molecule has 0 spiro atoms. The van der Waals surface area contributed by atoms with Crippen LogP contribution in [0.4, 0.5) is 11.4 Å². The molecule has 3 aromatic rings. The monoisotopic (exact) mass is 516 g/mol. The molecule has 10 heteroatoms. The third kappa shape index (κ3) is 3.16. The number of nitrogens with zero attached hydrogens (tertiary/aromatic N) is 3. The number of cyclic esters (lactones) is 1. The summed E-state index contributed by atoms with van der Waals surface area (Å²) in [5, 5.41) is 0.942. The molecule has 7 rings (SSSR count). The van der Waals surface area contributed by atoms with Crippen molar-refractivity contribution in [3.63, 3.8) is 0 Å². The van der Waals surface area contributed by atoms with Crippen LogP contribution < -0.4 is 16.2 Å². The number of aromatic nitrogens is 2. The van der Waals surface area contributed by atoms with Crippen LogP contribution in [-0.2, 0) is 42.6 Å². The molecule has 0 amide bonds. The van der Waals surface area contributed by atoms with Crippen LogP contribution in [0.2, 0.25) is 0 Å². The zero-order valence-electron chi connectivity index (χ0n) is 21.3. The first-order valence-corrected chi connectivity index (χ1v) is 13.1. The summed E-state index contributed by atoms with van der Waals surface area (Å²) >= 11 is 0. The number of fused-ring (bicyclic) bond motifs is 7. The maximum atomic E-state index is 13.9. The van der Waals surface area contributed by atoms with Crippen LogP contribution in [0, 0.1) is 0 Å². The summed E-state index contributed by atoms with van der Waals surface area (Å²) in [6.07, 6.45) is 2.54. The fraction of sp³-hybridized carbons (Fsp3) is 0.429. The van der Waals surface area contributed by atoms with Crippen molar-refractivity contribution in [3.8, 4) is 11.4 Å². The van der Waals surface area contributed by atoms with E-state index in [2.05, 4.69) is 4.90 Å². The maximum absolute atomic E-state index is 13.9. The molecule has 196 valence electrons. The van der Waals surface area contributed by atoms with E-state index in [9.17, 15) is 14.4 Å². The quantitative estimate of drug-likeness (QED) is 0.323. The molecule has 2 saturated heterocycles. The second-order valence-corrected chi connectivity index (χ2v) is 10.6. The average molecular weight is 517 g/mol. The van der Waals surface area contributed by atoms with Crippen molar-refractivity contribution >= 4 is 34.2 Å². The highest BCUT2D eigenvalue weighted by molar-refractivity contribution is 5.99. The smallest absolute Gasteiger partial charge is 0.355 e. The molecule has 2 fully saturated rings. The number of benzene rings is 1. The van der Waals surface area contributed by atoms with Crippen molar-refractivity contribution < 1.29 is 23.8 Å². The molecule has 0 aliphatic carbocycles. The van der Waals surface area contributed by atoms with Gasteiger partial charge in [0, 0.05) is 42.2 Å². The Morgan fingerprint density at radius 2 is 1.95 bits per heavy atom. The molecule has 2 N–H and O–H groups in total. The van der Waals surface area contributed by atoms with Gasteiger partial charge >= 0.3 is 11.9 Å². The van der Waals surface area contributed by atoms with Crippen molar-refractivity contribution in [1.29, 1.82) is 0 Å². The highest BCUT2D eigenvalue weighted by Crippen LogP contribution is 2.45. The third-order valence-electron chi connectivity index (χ3n) is 8.33. The number of carbonyl (C=O) groups is 2. The van der Waals surface area contributed by atoms with E-state index in [1.165, 1.54) is 6.92 Å². The second kappa shape index (κ2) is 8.04. The Hall–Kier alpha value is -3.92. The minimum Gasteiger partial charge on any atom is -0.457 e. The van der Waals surface area contributed by atoms with Crippen molar-refractivity contribution in [2.24, 2.45) is 0 Å². The highest BCUT2D eigenvalue weighted by Gasteiger charge is 2.50. The number of hydrogen-bond donors (Lipinski definition) is 1. The molecule has 2 aromatic heterocycles. The largest absolute Gasteiger partial charge is 0.457 e. The van der Waals surface area contributed by atoms with Gasteiger partial charge in [-0.15, -0.1) is 0 Å². The average Bonchev–Trinajstić information content (AvgIpc) is 3.43. The van der Waals surface area contributed by atoms with Gasteiger partial charge in [0.2, 0.25) is 5.60 Å². The number of rotatable bonds is 3. The van der Waals surface area contributed by atoms with Gasteiger partial charge in [-0.05, 0) is 43.5 Å². The summed E-state index contributed by atoms with van der Waals surface area (Å²) in [6, 6.07) is 7.46. The van der Waals surface area contributed by atoms with Gasteiger partial charge in [-0.25, -0.2) is 9.78 Å². The SMILES string of the molecule is CC[C@@]1(OC(C)=O)C(=O)OCc2c1cc1n(c2=O)Cc2c-1nc1ccc(N)cc1c2N1C[C@H]2CC[C@@H](C1)O2. The Balaban J connectivity index is 1.48. The van der Waals surface area contributed by atoms with E-state index < -0.39 is 17.5 Å². The van der Waals surface area contributed by atoms with Crippen molar-refractivity contribution in [3.05, 3.63) is 51.3 Å². The summed E-state index contributed by atoms with van der Waals surface area (Å²) < 4.78 is 18.7. The number of anilines is 2. The Morgan fingerprint density at radius 1 is 1.18 bits per heavy atom. The zero-order chi connectivity index (χ0) is 26.3. The van der Waals surface area contributed by atoms with Crippen LogP contribution in [-0.4, -0.2) is 46.8 Å². The van der Waals surface area contributed by atoms with Crippen molar-refractivity contribution in [2.75, 3.05) is 23.7 Å². The maximum Gasteiger partial charge on any atom is 0.355 e. The summed E-state index contributed by atoms with van der Waals surface area (Å²) in [6.45, 7) is 4.66. The number of nitrogen functional groups attached to an aromatic ring is 1. The minimum absolute atomic E-state index is 0.139. The first-order valence-electron chi connectivity index (χ1n) is 13.1. The van der Waals surface area contributed by atoms with Gasteiger partial charge in [-0.2, -0.15) is 0 Å². The van der Waals surface area contributed by atoms with Crippen LogP contribution >= 0.6 is 0 Å². The molecule has 4 aliphatic rings. The van der Waals surface area contributed by atoms with Crippen LogP contribution in [0.25, 0.3) is 22.3 Å². The Bertz CT molecular complexity index is 1600. The number of ether oxygens (including phenoxy) is 3. The number of esters is 2. The van der Waals surface area contributed by atoms with E-state index >= 15 is 0 Å². The van der Waals surface area contributed by atoms with Crippen LogP contribution in [0.3, 0.4) is 0 Å². The molecule has 0 saturated carbocycles. The van der Waals surface area contributed by atoms with Crippen LogP contribution in [0.5, 0.6) is 0 Å². The molecule has 1 aromatic carbocycles. The standard InChI is InChI=1S/C28H28N4O6/c1-3-28(38-14(2)33)21-9-23-24-19(12-32(23)26(34)20(21)13-36-27(28)35)25(18-8-15(29)4-7-22(18)30-24)31-10-16-5-6-17(11-31)37-16/h4,7-9,16-17H,3,5-6,10-13,29H2,1-2H3/t16-,17+,28-/m0/s1. The van der Waals surface area contributed by atoms with Crippen LogP contribution in [0.1, 0.15) is 49.8 Å². The molecule has 3 atom stereocenters. The Labute approximate surface area is 218 Å². The predicted molar refractivity (Wildman–Crippen MR) is 139 cm³/mol. The molecule has 2 bridgehead atoms. The lowest BCUT2D eigenvalue weighted by Gasteiger charge is -2.35. The van der Waals surface area contributed by atoms with Gasteiger partial charge < -0.3 is 29.4 Å². The summed E-state index contributed by atoms with van der Waals surface area (Å²) in [7, 11) is 0. The Kier molecular flexibility index (Phi) is 4.91. The molecule has 38 heavy (non-hydrogen) atoms. The van der Waals surface area contributed by atoms with Crippen molar-refractivity contribution in [2.45, 2.75) is 64.1 Å². The molecule has 4 aliphatic heterocycles. The number of hydrogen-bond acceptors (Lipinski definition) is 9. The second-order valence-electron chi connectivity index (χ2n) is 10.6. The van der Waals surface area contributed by atoms with E-state index in [0.29, 0.717) is 34.7 Å². The zero-order valence-corrected chi connectivity index (χ0v) is 21.3. The van der Waals surface area contributed by atoms with Crippen LogP contribution in [0.15, 0.2) is 29.1 Å². The molecule has 0 radical (unpaired) electrons. The molecule has 6 heterocycles. The number of carbonyl (C=O) groups excluding carboxylic acids is 2. The lowest BCUT2D eigenvalue weighted by atomic mass is 9.85. The lowest BCUT2D eigenvalue weighted by Crippen LogP contribution is -2.47. The predicted octanol–water partition coefficient (Wildman–Crippen LogP) is 2.60. The van der Waals surface area contributed by atoms with E-state index in [4.69, 9.17) is 24.9 Å². The van der Waals surface area contributed by atoms with Gasteiger partial charge in [0.25, 0.3) is 5.56 Å². The van der Waals surface area contributed by atoms with Gasteiger partial charge in [-0.3, -0.25) is 9.59 Å². The first kappa shape index (κ1) is 23.2. The third-order valence-corrected chi connectivity index (χ3v) is 8.33. The van der Waals surface area contributed by atoms with Crippen molar-refractivity contribution in [1.82, 2.24) is 9.55 Å². The first-order chi connectivity index (χ1) is 18.3. The lowest BCUT2D eigenvalue weighted by molar-refractivity contribution is -0.188. The summed E-state index contributed by atoms with van der Waals surface area (Å²) in [4.78, 5) is 46.2. The molecular formula is C28H28N4O6. The fourth-order valence-corrected chi connectivity index (χ4v) is 6.64. The molecule has 0 unspecified atom stereocenters. The normalized spacial score (nSPS) is 25.1. The van der Waals surface area contributed by atoms with E-state index in [-0.39, 0.29) is 30.8 Å². The summed E-state index contributed by atoms with van der Waals surface area (Å²) in [5.41, 5.74) is 9.61. The summed E-state index contributed by atoms with van der Waals surface area (Å²) in [5.74, 6) is -1.29. The van der Waals surface area contributed by atoms with E-state index in [1.54, 1.807) is 17.6 Å². The highest BCUT2D eigenvalue weighted by atomic mass is 16.6. The van der Waals surface area contributed by atoms with Gasteiger partial charge in [0.05, 0.1) is 46.9 Å². The molecule has 10 nitrogen and oxygen atoms in total. The molecular weight excluding hydrogens is 488 g/mol. The van der Waals surface area contributed by atoms with E-state index in [1.807, 2.05) is 18.2 Å². The van der Waals surface area contributed by atoms with Gasteiger partial charge in [0.15, 0.2) is 0 Å². The van der Waals surface area contributed by atoms with E-state index in [0.717, 1.165) is 48.1 Å². The Morgan fingerprint density at radius 3 is 2.66 bits per heavy atom. The number of morpholine rings is 1. The number of pyridine rings is 2. The van der Waals surface area contributed by atoms with Gasteiger partial charge in [-0.1, -0.05) is 6.92 Å². The fourth-order valence-electron chi connectivity index (χ4n) is 6.64.